The highest BCUT2D eigenvalue weighted by molar-refractivity contribution is 7.99. The van der Waals surface area contributed by atoms with Gasteiger partial charge >= 0.3 is 0 Å². The molecular weight excluding hydrogens is 304 g/mol. The monoisotopic (exact) mass is 322 g/mol. The van der Waals surface area contributed by atoms with E-state index in [0.29, 0.717) is 11.4 Å². The molecule has 0 aliphatic carbocycles. The van der Waals surface area contributed by atoms with Gasteiger partial charge in [-0.1, -0.05) is 12.1 Å². The molecule has 0 aromatic heterocycles. The second-order valence-electron chi connectivity index (χ2n) is 4.30. The van der Waals surface area contributed by atoms with Gasteiger partial charge < -0.3 is 5.32 Å². The largest absolute Gasteiger partial charge is 0.313 e. The predicted octanol–water partition coefficient (Wildman–Crippen LogP) is 1.86. The lowest BCUT2D eigenvalue weighted by Gasteiger charge is -2.13. The molecule has 1 unspecified atom stereocenters. The summed E-state index contributed by atoms with van der Waals surface area (Å²) in [6.07, 6.45) is 4.04. The minimum absolute atomic E-state index is 0. The van der Waals surface area contributed by atoms with Gasteiger partial charge in [-0.05, 0) is 37.8 Å². The maximum absolute atomic E-state index is 12.2. The van der Waals surface area contributed by atoms with Crippen molar-refractivity contribution in [3.05, 3.63) is 24.3 Å². The lowest BCUT2D eigenvalue weighted by atomic mass is 10.2. The first kappa shape index (κ1) is 16.8. The molecule has 1 saturated heterocycles. The van der Waals surface area contributed by atoms with Gasteiger partial charge in [0.2, 0.25) is 10.0 Å². The maximum Gasteiger partial charge on any atom is 0.241 e. The zero-order valence-electron chi connectivity index (χ0n) is 10.8. The molecular formula is C12H19ClN2O2S2. The van der Waals surface area contributed by atoms with Crippen LogP contribution in [0.5, 0.6) is 0 Å². The number of benzene rings is 1. The number of hydrogen-bond acceptors (Lipinski definition) is 4. The van der Waals surface area contributed by atoms with Gasteiger partial charge in [0.15, 0.2) is 0 Å². The van der Waals surface area contributed by atoms with Crippen LogP contribution in [0.4, 0.5) is 0 Å². The van der Waals surface area contributed by atoms with Gasteiger partial charge in [0.1, 0.15) is 0 Å². The summed E-state index contributed by atoms with van der Waals surface area (Å²) >= 11 is 1.45. The number of thioether (sulfide) groups is 1. The number of rotatable bonds is 5. The molecule has 1 heterocycles. The lowest BCUT2D eigenvalue weighted by Crippen LogP contribution is -2.37. The Morgan fingerprint density at radius 2 is 2.16 bits per heavy atom. The Balaban J connectivity index is 0.00000180. The number of nitrogens with one attached hydrogen (secondary N) is 2. The summed E-state index contributed by atoms with van der Waals surface area (Å²) in [5, 5.41) is 3.28. The van der Waals surface area contributed by atoms with Crippen LogP contribution in [0, 0.1) is 0 Å². The van der Waals surface area contributed by atoms with Crippen molar-refractivity contribution in [3.63, 3.8) is 0 Å². The molecule has 1 aliphatic rings. The van der Waals surface area contributed by atoms with Crippen molar-refractivity contribution in [1.82, 2.24) is 10.0 Å². The molecule has 1 aliphatic heterocycles. The van der Waals surface area contributed by atoms with Crippen LogP contribution in [-0.4, -0.2) is 33.8 Å². The minimum Gasteiger partial charge on any atom is -0.313 e. The molecule has 19 heavy (non-hydrogen) atoms. The summed E-state index contributed by atoms with van der Waals surface area (Å²) in [5.74, 6) is 0. The van der Waals surface area contributed by atoms with Gasteiger partial charge in [0.25, 0.3) is 0 Å². The summed E-state index contributed by atoms with van der Waals surface area (Å²) in [5.41, 5.74) is 0. The summed E-state index contributed by atoms with van der Waals surface area (Å²) in [7, 11) is -3.40. The Hall–Kier alpha value is -0.270. The fraction of sp³-hybridized carbons (Fsp3) is 0.500. The normalized spacial score (nSPS) is 19.1. The van der Waals surface area contributed by atoms with Crippen LogP contribution in [-0.2, 0) is 10.0 Å². The molecule has 2 rings (SSSR count). The molecule has 1 fully saturated rings. The molecule has 0 amide bonds. The number of halogens is 1. The van der Waals surface area contributed by atoms with E-state index in [1.54, 1.807) is 12.1 Å². The maximum atomic E-state index is 12.2. The van der Waals surface area contributed by atoms with Gasteiger partial charge in [-0.25, -0.2) is 13.1 Å². The average molecular weight is 323 g/mol. The van der Waals surface area contributed by atoms with E-state index in [0.717, 1.165) is 24.3 Å². The molecule has 0 spiro atoms. The van der Waals surface area contributed by atoms with E-state index in [9.17, 15) is 8.42 Å². The summed E-state index contributed by atoms with van der Waals surface area (Å²) in [4.78, 5) is 1.15. The van der Waals surface area contributed by atoms with Gasteiger partial charge in [-0.15, -0.1) is 24.2 Å². The molecule has 1 atom stereocenters. The van der Waals surface area contributed by atoms with E-state index in [1.807, 2.05) is 18.4 Å². The first-order valence-electron chi connectivity index (χ1n) is 5.99. The van der Waals surface area contributed by atoms with Crippen molar-refractivity contribution in [1.29, 1.82) is 0 Å². The predicted molar refractivity (Wildman–Crippen MR) is 81.7 cm³/mol. The highest BCUT2D eigenvalue weighted by Gasteiger charge is 2.21. The smallest absolute Gasteiger partial charge is 0.241 e. The molecule has 1 aromatic rings. The fourth-order valence-corrected chi connectivity index (χ4v) is 4.29. The minimum atomic E-state index is -3.40. The Labute approximate surface area is 125 Å². The standard InChI is InChI=1S/C12H18N2O2S2.ClH/c1-17-11-6-2-3-7-12(11)18(15,16)14-9-10-5-4-8-13-10;/h2-3,6-7,10,13-14H,4-5,8-9H2,1H3;1H. The Morgan fingerprint density at radius 1 is 1.42 bits per heavy atom. The quantitative estimate of drug-likeness (QED) is 0.812. The van der Waals surface area contributed by atoms with Crippen LogP contribution >= 0.6 is 24.2 Å². The summed E-state index contributed by atoms with van der Waals surface area (Å²) < 4.78 is 27.1. The van der Waals surface area contributed by atoms with Gasteiger partial charge in [0, 0.05) is 17.5 Å². The van der Waals surface area contributed by atoms with E-state index in [-0.39, 0.29) is 18.4 Å². The van der Waals surface area contributed by atoms with Crippen molar-refractivity contribution >= 4 is 34.2 Å². The molecule has 2 N–H and O–H groups in total. The number of hydrogen-bond donors (Lipinski definition) is 2. The molecule has 1 aromatic carbocycles. The molecule has 0 saturated carbocycles. The third-order valence-corrected chi connectivity index (χ3v) is 5.45. The van der Waals surface area contributed by atoms with Crippen molar-refractivity contribution in [2.45, 2.75) is 28.7 Å². The van der Waals surface area contributed by atoms with E-state index >= 15 is 0 Å². The number of sulfonamides is 1. The van der Waals surface area contributed by atoms with Crippen molar-refractivity contribution in [2.75, 3.05) is 19.3 Å². The third kappa shape index (κ3) is 4.36. The SMILES string of the molecule is CSc1ccccc1S(=O)(=O)NCC1CCCN1.Cl. The molecule has 7 heteroatoms. The Bertz CT molecular complexity index is 502. The van der Waals surface area contributed by atoms with Gasteiger partial charge in [-0.3, -0.25) is 0 Å². The molecule has 0 radical (unpaired) electrons. The highest BCUT2D eigenvalue weighted by Crippen LogP contribution is 2.24. The Kier molecular flexibility index (Phi) is 6.62. The van der Waals surface area contributed by atoms with Crippen molar-refractivity contribution in [3.8, 4) is 0 Å². The fourth-order valence-electron chi connectivity index (χ4n) is 2.06. The van der Waals surface area contributed by atoms with Gasteiger partial charge in [0.05, 0.1) is 4.90 Å². The average Bonchev–Trinajstić information content (AvgIpc) is 2.89. The van der Waals surface area contributed by atoms with E-state index < -0.39 is 10.0 Å². The topological polar surface area (TPSA) is 58.2 Å². The van der Waals surface area contributed by atoms with Crippen LogP contribution in [0.25, 0.3) is 0 Å². The highest BCUT2D eigenvalue weighted by atomic mass is 35.5. The Morgan fingerprint density at radius 3 is 2.79 bits per heavy atom. The molecule has 0 bridgehead atoms. The van der Waals surface area contributed by atoms with E-state index in [1.165, 1.54) is 11.8 Å². The second-order valence-corrected chi connectivity index (χ2v) is 6.88. The zero-order chi connectivity index (χ0) is 13.0. The zero-order valence-corrected chi connectivity index (χ0v) is 13.2. The lowest BCUT2D eigenvalue weighted by molar-refractivity contribution is 0.550. The van der Waals surface area contributed by atoms with Crippen molar-refractivity contribution in [2.24, 2.45) is 0 Å². The first-order valence-corrected chi connectivity index (χ1v) is 8.70. The van der Waals surface area contributed by atoms with Crippen LogP contribution in [0.2, 0.25) is 0 Å². The van der Waals surface area contributed by atoms with Crippen LogP contribution in [0.3, 0.4) is 0 Å². The second kappa shape index (κ2) is 7.50. The molecule has 4 nitrogen and oxygen atoms in total. The molecule has 108 valence electrons. The first-order chi connectivity index (χ1) is 8.63. The van der Waals surface area contributed by atoms with E-state index in [2.05, 4.69) is 10.0 Å². The van der Waals surface area contributed by atoms with Crippen molar-refractivity contribution < 1.29 is 8.42 Å². The summed E-state index contributed by atoms with van der Waals surface area (Å²) in [6, 6.07) is 7.34. The third-order valence-electron chi connectivity index (χ3n) is 3.04. The summed E-state index contributed by atoms with van der Waals surface area (Å²) in [6.45, 7) is 1.44. The van der Waals surface area contributed by atoms with Crippen LogP contribution < -0.4 is 10.0 Å². The van der Waals surface area contributed by atoms with Gasteiger partial charge in [-0.2, -0.15) is 0 Å². The van der Waals surface area contributed by atoms with Crippen LogP contribution in [0.15, 0.2) is 34.1 Å². The van der Waals surface area contributed by atoms with Crippen LogP contribution in [0.1, 0.15) is 12.8 Å². The van der Waals surface area contributed by atoms with E-state index in [4.69, 9.17) is 0 Å².